The summed E-state index contributed by atoms with van der Waals surface area (Å²) in [7, 11) is 0. The van der Waals surface area contributed by atoms with Gasteiger partial charge >= 0.3 is 0 Å². The zero-order valence-corrected chi connectivity index (χ0v) is 14.6. The quantitative estimate of drug-likeness (QED) is 0.623. The third-order valence-corrected chi connectivity index (χ3v) is 5.56. The fraction of sp³-hybridized carbons (Fsp3) is 0.444. The van der Waals surface area contributed by atoms with Crippen LogP contribution in [0.5, 0.6) is 11.5 Å². The minimum absolute atomic E-state index is 0.315. The van der Waals surface area contributed by atoms with Gasteiger partial charge in [-0.3, -0.25) is 0 Å². The molecular formula is C18H21N3O2S. The summed E-state index contributed by atoms with van der Waals surface area (Å²) in [5, 5.41) is 1.01. The maximum atomic E-state index is 5.43. The van der Waals surface area contributed by atoms with Gasteiger partial charge < -0.3 is 14.4 Å². The molecule has 3 heterocycles. The number of piperidine rings is 1. The van der Waals surface area contributed by atoms with E-state index in [1.165, 1.54) is 18.4 Å². The third-order valence-electron chi connectivity index (χ3n) is 4.56. The van der Waals surface area contributed by atoms with Gasteiger partial charge in [0.25, 0.3) is 0 Å². The van der Waals surface area contributed by atoms with Crippen LogP contribution in [0.2, 0.25) is 0 Å². The van der Waals surface area contributed by atoms with E-state index in [-0.39, 0.29) is 0 Å². The number of anilines is 1. The Balaban J connectivity index is 1.41. The van der Waals surface area contributed by atoms with Crippen LogP contribution in [0.15, 0.2) is 35.6 Å². The Kier molecular flexibility index (Phi) is 4.47. The predicted octanol–water partition coefficient (Wildman–Crippen LogP) is 3.73. The minimum atomic E-state index is 0.315. The highest BCUT2D eigenvalue weighted by molar-refractivity contribution is 7.98. The molecule has 24 heavy (non-hydrogen) atoms. The summed E-state index contributed by atoms with van der Waals surface area (Å²) < 4.78 is 10.8. The van der Waals surface area contributed by atoms with Crippen molar-refractivity contribution in [2.24, 2.45) is 5.92 Å². The monoisotopic (exact) mass is 343 g/mol. The molecule has 0 saturated carbocycles. The highest BCUT2D eigenvalue weighted by atomic mass is 32.2. The first kappa shape index (κ1) is 15.6. The van der Waals surface area contributed by atoms with Crippen LogP contribution < -0.4 is 14.4 Å². The number of thioether (sulfide) groups is 1. The number of nitrogens with zero attached hydrogens (tertiary/aromatic N) is 3. The summed E-state index contributed by atoms with van der Waals surface area (Å²) in [5.74, 6) is 4.38. The highest BCUT2D eigenvalue weighted by Gasteiger charge is 2.17. The molecule has 126 valence electrons. The van der Waals surface area contributed by atoms with Crippen molar-refractivity contribution in [3.63, 3.8) is 0 Å². The second-order valence-electron chi connectivity index (χ2n) is 6.36. The summed E-state index contributed by atoms with van der Waals surface area (Å²) in [4.78, 5) is 11.2. The van der Waals surface area contributed by atoms with E-state index in [1.54, 1.807) is 18.1 Å². The Bertz CT molecular complexity index is 717. The van der Waals surface area contributed by atoms with Crippen LogP contribution >= 0.6 is 11.8 Å². The predicted molar refractivity (Wildman–Crippen MR) is 94.8 cm³/mol. The molecule has 5 nitrogen and oxygen atoms in total. The lowest BCUT2D eigenvalue weighted by Gasteiger charge is -2.31. The number of hydrogen-bond acceptors (Lipinski definition) is 6. The highest BCUT2D eigenvalue weighted by Crippen LogP contribution is 2.34. The number of aromatic nitrogens is 2. The van der Waals surface area contributed by atoms with Gasteiger partial charge in [-0.2, -0.15) is 0 Å². The van der Waals surface area contributed by atoms with E-state index in [0.29, 0.717) is 6.79 Å². The van der Waals surface area contributed by atoms with E-state index in [1.807, 2.05) is 12.1 Å². The molecule has 0 bridgehead atoms. The van der Waals surface area contributed by atoms with E-state index < -0.39 is 0 Å². The van der Waals surface area contributed by atoms with Crippen LogP contribution in [-0.2, 0) is 5.75 Å². The molecule has 2 aliphatic heterocycles. The normalized spacial score (nSPS) is 17.3. The Morgan fingerprint density at radius 1 is 1.12 bits per heavy atom. The summed E-state index contributed by atoms with van der Waals surface area (Å²) >= 11 is 1.72. The Hall–Kier alpha value is -1.95. The molecule has 0 amide bonds. The van der Waals surface area contributed by atoms with Gasteiger partial charge in [0.05, 0.1) is 0 Å². The molecule has 0 spiro atoms. The van der Waals surface area contributed by atoms with Crippen LogP contribution in [0.1, 0.15) is 25.3 Å². The van der Waals surface area contributed by atoms with Crippen molar-refractivity contribution in [2.45, 2.75) is 30.5 Å². The molecule has 6 heteroatoms. The molecule has 4 rings (SSSR count). The van der Waals surface area contributed by atoms with Crippen LogP contribution in [0.3, 0.4) is 0 Å². The first-order valence-electron chi connectivity index (χ1n) is 8.36. The van der Waals surface area contributed by atoms with Gasteiger partial charge in [0.1, 0.15) is 17.2 Å². The lowest BCUT2D eigenvalue weighted by atomic mass is 9.99. The van der Waals surface area contributed by atoms with Crippen molar-refractivity contribution in [1.82, 2.24) is 9.97 Å². The first-order chi connectivity index (χ1) is 11.8. The minimum Gasteiger partial charge on any atom is -0.454 e. The van der Waals surface area contributed by atoms with Crippen molar-refractivity contribution in [3.05, 3.63) is 36.2 Å². The van der Waals surface area contributed by atoms with Crippen molar-refractivity contribution in [2.75, 3.05) is 24.8 Å². The zero-order valence-electron chi connectivity index (χ0n) is 13.8. The Morgan fingerprint density at radius 2 is 1.96 bits per heavy atom. The maximum absolute atomic E-state index is 5.43. The fourth-order valence-electron chi connectivity index (χ4n) is 3.01. The van der Waals surface area contributed by atoms with Crippen LogP contribution in [0.4, 0.5) is 5.82 Å². The van der Waals surface area contributed by atoms with Crippen molar-refractivity contribution < 1.29 is 9.47 Å². The standard InChI is InChI=1S/C18H21N3O2S/c1-13-4-6-21(7-5-13)17-9-18(20-11-19-17)24-10-14-2-3-15-16(8-14)23-12-22-15/h2-3,8-9,11,13H,4-7,10,12H2,1H3. The average molecular weight is 343 g/mol. The molecule has 1 fully saturated rings. The number of ether oxygens (including phenoxy) is 2. The molecule has 0 radical (unpaired) electrons. The third kappa shape index (κ3) is 3.43. The van der Waals surface area contributed by atoms with Gasteiger partial charge in [-0.05, 0) is 36.5 Å². The van der Waals surface area contributed by atoms with Gasteiger partial charge in [0.15, 0.2) is 11.5 Å². The smallest absolute Gasteiger partial charge is 0.231 e. The van der Waals surface area contributed by atoms with E-state index >= 15 is 0 Å². The second kappa shape index (κ2) is 6.89. The average Bonchev–Trinajstić information content (AvgIpc) is 3.08. The lowest BCUT2D eigenvalue weighted by Crippen LogP contribution is -2.33. The summed E-state index contributed by atoms with van der Waals surface area (Å²) in [6, 6.07) is 8.20. The van der Waals surface area contributed by atoms with Gasteiger partial charge in [-0.25, -0.2) is 9.97 Å². The van der Waals surface area contributed by atoms with Gasteiger partial charge in [-0.1, -0.05) is 13.0 Å². The second-order valence-corrected chi connectivity index (χ2v) is 7.36. The molecular weight excluding hydrogens is 322 g/mol. The molecule has 0 atom stereocenters. The largest absolute Gasteiger partial charge is 0.454 e. The van der Waals surface area contributed by atoms with E-state index in [4.69, 9.17) is 9.47 Å². The van der Waals surface area contributed by atoms with E-state index in [2.05, 4.69) is 33.9 Å². The van der Waals surface area contributed by atoms with E-state index in [9.17, 15) is 0 Å². The Morgan fingerprint density at radius 3 is 2.83 bits per heavy atom. The summed E-state index contributed by atoms with van der Waals surface area (Å²) in [5.41, 5.74) is 1.20. The molecule has 1 saturated heterocycles. The van der Waals surface area contributed by atoms with Crippen molar-refractivity contribution >= 4 is 17.6 Å². The number of hydrogen-bond donors (Lipinski definition) is 0. The number of rotatable bonds is 4. The fourth-order valence-corrected chi connectivity index (χ4v) is 3.81. The molecule has 1 aromatic carbocycles. The lowest BCUT2D eigenvalue weighted by molar-refractivity contribution is 0.174. The van der Waals surface area contributed by atoms with Crippen LogP contribution in [0.25, 0.3) is 0 Å². The van der Waals surface area contributed by atoms with Gasteiger partial charge in [-0.15, -0.1) is 11.8 Å². The van der Waals surface area contributed by atoms with Gasteiger partial charge in [0.2, 0.25) is 6.79 Å². The zero-order chi connectivity index (χ0) is 16.4. The maximum Gasteiger partial charge on any atom is 0.231 e. The van der Waals surface area contributed by atoms with Crippen molar-refractivity contribution in [1.29, 1.82) is 0 Å². The summed E-state index contributed by atoms with van der Waals surface area (Å²) in [6.07, 6.45) is 4.16. The number of benzene rings is 1. The van der Waals surface area contributed by atoms with Crippen LogP contribution in [-0.4, -0.2) is 29.9 Å². The van der Waals surface area contributed by atoms with Crippen LogP contribution in [0, 0.1) is 5.92 Å². The topological polar surface area (TPSA) is 47.5 Å². The molecule has 2 aromatic rings. The first-order valence-corrected chi connectivity index (χ1v) is 9.35. The van der Waals surface area contributed by atoms with Crippen molar-refractivity contribution in [3.8, 4) is 11.5 Å². The Labute approximate surface area is 146 Å². The van der Waals surface area contributed by atoms with Gasteiger partial charge in [0, 0.05) is 24.9 Å². The SMILES string of the molecule is CC1CCN(c2cc(SCc3ccc4c(c3)OCO4)ncn2)CC1. The summed E-state index contributed by atoms with van der Waals surface area (Å²) in [6.45, 7) is 4.81. The molecule has 2 aliphatic rings. The molecule has 0 N–H and O–H groups in total. The van der Waals surface area contributed by atoms with E-state index in [0.717, 1.165) is 47.1 Å². The molecule has 0 unspecified atom stereocenters. The number of fused-ring (bicyclic) bond motifs is 1. The molecule has 1 aromatic heterocycles. The molecule has 0 aliphatic carbocycles.